The van der Waals surface area contributed by atoms with E-state index in [4.69, 9.17) is 9.29 Å². The van der Waals surface area contributed by atoms with Gasteiger partial charge in [-0.1, -0.05) is 17.7 Å². The van der Waals surface area contributed by atoms with E-state index in [1.54, 1.807) is 12.1 Å². The van der Waals surface area contributed by atoms with Gasteiger partial charge < -0.3 is 9.22 Å². The fourth-order valence-electron chi connectivity index (χ4n) is 1.22. The maximum Gasteiger partial charge on any atom is 0.294 e. The third-order valence-corrected chi connectivity index (χ3v) is 3.51. The Balaban J connectivity index is 0.000000384. The monoisotopic (exact) mass is 336 g/mol. The van der Waals surface area contributed by atoms with Gasteiger partial charge in [0, 0.05) is 5.75 Å². The summed E-state index contributed by atoms with van der Waals surface area (Å²) >= 11 is 4.04. The van der Waals surface area contributed by atoms with Gasteiger partial charge in [-0.3, -0.25) is 4.55 Å². The lowest BCUT2D eigenvalue weighted by molar-refractivity contribution is -0.870. The van der Waals surface area contributed by atoms with E-state index in [1.807, 2.05) is 6.92 Å². The molecule has 0 atom stereocenters. The van der Waals surface area contributed by atoms with Crippen LogP contribution in [-0.2, 0) is 14.9 Å². The zero-order valence-electron chi connectivity index (χ0n) is 13.1. The Kier molecular flexibility index (Phi) is 9.15. The van der Waals surface area contributed by atoms with Gasteiger partial charge in [0.2, 0.25) is 0 Å². The number of benzene rings is 1. The zero-order valence-corrected chi connectivity index (χ0v) is 14.8. The van der Waals surface area contributed by atoms with Crippen LogP contribution < -0.4 is 0 Å². The number of aryl methyl sites for hydroxylation is 1. The molecule has 0 unspecified atom stereocenters. The van der Waals surface area contributed by atoms with Crippen molar-refractivity contribution in [3.8, 4) is 0 Å². The summed E-state index contributed by atoms with van der Waals surface area (Å²) in [7, 11) is 2.45. The Morgan fingerprint density at radius 2 is 1.67 bits per heavy atom. The fraction of sp³-hybridized carbons (Fsp3) is 0.571. The van der Waals surface area contributed by atoms with Gasteiger partial charge in [0.1, 0.15) is 6.54 Å². The first-order valence-corrected chi connectivity index (χ1v) is 8.67. The molecule has 5 nitrogen and oxygen atoms in total. The second kappa shape index (κ2) is 9.42. The Hall–Kier alpha value is -0.600. The number of hydrogen-bond acceptors (Lipinski definition) is 4. The van der Waals surface area contributed by atoms with Gasteiger partial charge >= 0.3 is 0 Å². The Bertz CT molecular complexity index is 493. The molecule has 1 aromatic carbocycles. The number of hydrogen-bond donors (Lipinski definition) is 2. The van der Waals surface area contributed by atoms with Crippen LogP contribution >= 0.6 is 12.6 Å². The molecule has 0 spiro atoms. The van der Waals surface area contributed by atoms with Crippen LogP contribution in [0.2, 0.25) is 0 Å². The van der Waals surface area contributed by atoms with Gasteiger partial charge in [-0.25, -0.2) is 0 Å². The minimum absolute atomic E-state index is 0.0666. The SMILES string of the molecule is C[N+](C)(C)CCOCCS.Cc1ccc(S(=O)(=O)O)cc1. The highest BCUT2D eigenvalue weighted by molar-refractivity contribution is 7.85. The summed E-state index contributed by atoms with van der Waals surface area (Å²) in [5.74, 6) is 0.817. The molecule has 0 saturated heterocycles. The van der Waals surface area contributed by atoms with Crippen LogP contribution in [0.3, 0.4) is 0 Å². The molecule has 0 aliphatic carbocycles. The van der Waals surface area contributed by atoms with E-state index in [0.29, 0.717) is 0 Å². The quantitative estimate of drug-likeness (QED) is 0.360. The van der Waals surface area contributed by atoms with E-state index in [-0.39, 0.29) is 4.90 Å². The number of nitrogens with zero attached hydrogens (tertiary/aromatic N) is 1. The minimum atomic E-state index is -4.02. The normalized spacial score (nSPS) is 11.7. The average molecular weight is 336 g/mol. The van der Waals surface area contributed by atoms with Crippen LogP contribution in [0, 0.1) is 6.92 Å². The number of ether oxygens (including phenoxy) is 1. The van der Waals surface area contributed by atoms with Gasteiger partial charge in [0.05, 0.1) is 39.3 Å². The van der Waals surface area contributed by atoms with Crippen LogP contribution in [0.4, 0.5) is 0 Å². The Morgan fingerprint density at radius 3 is 2.05 bits per heavy atom. The summed E-state index contributed by atoms with van der Waals surface area (Å²) in [6.45, 7) is 4.51. The van der Waals surface area contributed by atoms with Crippen molar-refractivity contribution in [2.24, 2.45) is 0 Å². The van der Waals surface area contributed by atoms with E-state index in [1.165, 1.54) is 12.1 Å². The Labute approximate surface area is 133 Å². The Morgan fingerprint density at radius 1 is 1.14 bits per heavy atom. The molecule has 21 heavy (non-hydrogen) atoms. The lowest BCUT2D eigenvalue weighted by atomic mass is 10.2. The molecule has 0 aliphatic rings. The van der Waals surface area contributed by atoms with E-state index < -0.39 is 10.1 Å². The first-order chi connectivity index (χ1) is 9.56. The van der Waals surface area contributed by atoms with Crippen LogP contribution in [-0.4, -0.2) is 64.1 Å². The van der Waals surface area contributed by atoms with E-state index in [0.717, 1.165) is 35.6 Å². The van der Waals surface area contributed by atoms with Crippen molar-refractivity contribution in [2.45, 2.75) is 11.8 Å². The van der Waals surface area contributed by atoms with Crippen molar-refractivity contribution in [2.75, 3.05) is 46.7 Å². The molecule has 1 N–H and O–H groups in total. The fourth-order valence-corrected chi connectivity index (χ4v) is 1.82. The molecule has 0 saturated carbocycles. The van der Waals surface area contributed by atoms with Gasteiger partial charge in [-0.2, -0.15) is 21.0 Å². The van der Waals surface area contributed by atoms with Crippen molar-refractivity contribution < 1.29 is 22.2 Å². The summed E-state index contributed by atoms with van der Waals surface area (Å²) in [4.78, 5) is -0.0666. The number of thiol groups is 1. The molecule has 1 aromatic rings. The van der Waals surface area contributed by atoms with Crippen molar-refractivity contribution in [3.05, 3.63) is 29.8 Å². The van der Waals surface area contributed by atoms with Crippen molar-refractivity contribution in [1.29, 1.82) is 0 Å². The molecule has 0 fully saturated rings. The lowest BCUT2D eigenvalue weighted by Gasteiger charge is -2.23. The highest BCUT2D eigenvalue weighted by Gasteiger charge is 2.06. The largest absolute Gasteiger partial charge is 0.375 e. The molecule has 0 radical (unpaired) electrons. The minimum Gasteiger partial charge on any atom is -0.375 e. The smallest absolute Gasteiger partial charge is 0.294 e. The van der Waals surface area contributed by atoms with Gasteiger partial charge in [0.15, 0.2) is 0 Å². The first kappa shape index (κ1) is 20.4. The molecule has 0 heterocycles. The third kappa shape index (κ3) is 11.7. The van der Waals surface area contributed by atoms with Gasteiger partial charge in [-0.05, 0) is 19.1 Å². The molecule has 1 rings (SSSR count). The van der Waals surface area contributed by atoms with Gasteiger partial charge in [-0.15, -0.1) is 0 Å². The topological polar surface area (TPSA) is 63.6 Å². The number of likely N-dealkylation sites (N-methyl/N-ethyl adjacent to an activating group) is 1. The standard InChI is InChI=1S/C7H17NOS.C7H8O3S/c1-8(2,3)4-5-9-6-7-10;1-6-2-4-7(5-3-6)11(8,9)10/h4-7H2,1-3H3;2-5H,1H3,(H,8,9,10)/p+1. The van der Waals surface area contributed by atoms with Crippen LogP contribution in [0.15, 0.2) is 29.2 Å². The first-order valence-electron chi connectivity index (χ1n) is 6.59. The second-order valence-electron chi connectivity index (χ2n) is 5.64. The molecule has 0 aliphatic heterocycles. The predicted molar refractivity (Wildman–Crippen MR) is 88.6 cm³/mol. The number of rotatable bonds is 6. The summed E-state index contributed by atoms with van der Waals surface area (Å²) < 4.78 is 35.8. The maximum atomic E-state index is 10.5. The highest BCUT2D eigenvalue weighted by atomic mass is 32.2. The van der Waals surface area contributed by atoms with Crippen LogP contribution in [0.25, 0.3) is 0 Å². The maximum absolute atomic E-state index is 10.5. The van der Waals surface area contributed by atoms with Crippen molar-refractivity contribution in [3.63, 3.8) is 0 Å². The second-order valence-corrected chi connectivity index (χ2v) is 7.51. The van der Waals surface area contributed by atoms with Crippen LogP contribution in [0.1, 0.15) is 5.56 Å². The molecule has 0 amide bonds. The summed E-state index contributed by atoms with van der Waals surface area (Å²) in [6, 6.07) is 5.99. The molecular formula is C14H26NO4S2+. The van der Waals surface area contributed by atoms with Gasteiger partial charge in [0.25, 0.3) is 10.1 Å². The lowest BCUT2D eigenvalue weighted by Crippen LogP contribution is -2.37. The third-order valence-electron chi connectivity index (χ3n) is 2.46. The summed E-state index contributed by atoms with van der Waals surface area (Å²) in [5.41, 5.74) is 0.956. The molecule has 122 valence electrons. The molecule has 0 aromatic heterocycles. The molecule has 7 heteroatoms. The van der Waals surface area contributed by atoms with E-state index >= 15 is 0 Å². The van der Waals surface area contributed by atoms with Crippen molar-refractivity contribution in [1.82, 2.24) is 0 Å². The highest BCUT2D eigenvalue weighted by Crippen LogP contribution is 2.08. The zero-order chi connectivity index (χ0) is 16.5. The number of quaternary nitrogens is 1. The van der Waals surface area contributed by atoms with Crippen molar-refractivity contribution >= 4 is 22.7 Å². The van der Waals surface area contributed by atoms with E-state index in [2.05, 4.69) is 33.8 Å². The summed E-state index contributed by atoms with van der Waals surface area (Å²) in [6.07, 6.45) is 0. The summed E-state index contributed by atoms with van der Waals surface area (Å²) in [5, 5.41) is 0. The van der Waals surface area contributed by atoms with Crippen LogP contribution in [0.5, 0.6) is 0 Å². The predicted octanol–water partition coefficient (Wildman–Crippen LogP) is 1.88. The van der Waals surface area contributed by atoms with E-state index in [9.17, 15) is 8.42 Å². The molecule has 0 bridgehead atoms. The average Bonchev–Trinajstić information content (AvgIpc) is 2.34. The molecular weight excluding hydrogens is 310 g/mol.